The van der Waals surface area contributed by atoms with E-state index in [9.17, 15) is 19.7 Å². The summed E-state index contributed by atoms with van der Waals surface area (Å²) in [6.07, 6.45) is 0. The van der Waals surface area contributed by atoms with Crippen LogP contribution < -0.4 is 15.4 Å². The van der Waals surface area contributed by atoms with Gasteiger partial charge in [0, 0.05) is 30.3 Å². The minimum atomic E-state index is -0.563. The molecule has 12 heteroatoms. The number of carbonyl (C=O) groups is 2. The maximum absolute atomic E-state index is 12.3. The molecule has 3 aromatic rings. The van der Waals surface area contributed by atoms with Crippen LogP contribution in [0.2, 0.25) is 0 Å². The second-order valence-electron chi connectivity index (χ2n) is 6.11. The molecule has 0 radical (unpaired) electrons. The summed E-state index contributed by atoms with van der Waals surface area (Å²) < 4.78 is 10.7. The molecule has 0 spiro atoms. The molecule has 11 nitrogen and oxygen atoms in total. The molecular formula is C19H17N5O6S. The van der Waals surface area contributed by atoms with Crippen LogP contribution in [0.3, 0.4) is 0 Å². The lowest BCUT2D eigenvalue weighted by Crippen LogP contribution is -2.14. The molecule has 0 unspecified atom stereocenters. The Bertz CT molecular complexity index is 1120. The van der Waals surface area contributed by atoms with Crippen molar-refractivity contribution in [1.29, 1.82) is 0 Å². The summed E-state index contributed by atoms with van der Waals surface area (Å²) in [5.74, 6) is -0.104. The molecule has 0 bridgehead atoms. The molecule has 31 heavy (non-hydrogen) atoms. The molecule has 0 aliphatic heterocycles. The van der Waals surface area contributed by atoms with Gasteiger partial charge in [0.25, 0.3) is 10.9 Å². The predicted octanol–water partition coefficient (Wildman–Crippen LogP) is 3.34. The fourth-order valence-electron chi connectivity index (χ4n) is 2.50. The highest BCUT2D eigenvalue weighted by molar-refractivity contribution is 7.99. The Morgan fingerprint density at radius 1 is 1.16 bits per heavy atom. The molecule has 0 aliphatic rings. The van der Waals surface area contributed by atoms with E-state index in [0.29, 0.717) is 17.0 Å². The van der Waals surface area contributed by atoms with Crippen molar-refractivity contribution in [2.75, 3.05) is 23.5 Å². The van der Waals surface area contributed by atoms with Gasteiger partial charge in [-0.1, -0.05) is 11.8 Å². The Labute approximate surface area is 180 Å². The van der Waals surface area contributed by atoms with Crippen molar-refractivity contribution in [3.63, 3.8) is 0 Å². The lowest BCUT2D eigenvalue weighted by atomic mass is 10.2. The predicted molar refractivity (Wildman–Crippen MR) is 113 cm³/mol. The van der Waals surface area contributed by atoms with Gasteiger partial charge in [0.05, 0.1) is 23.5 Å². The lowest BCUT2D eigenvalue weighted by Gasteiger charge is -2.09. The van der Waals surface area contributed by atoms with Crippen LogP contribution in [0.15, 0.2) is 52.1 Å². The number of non-ortho nitro benzene ring substituents is 1. The summed E-state index contributed by atoms with van der Waals surface area (Å²) in [5, 5.41) is 24.2. The van der Waals surface area contributed by atoms with Crippen LogP contribution in [0, 0.1) is 10.1 Å². The number of hydrogen-bond donors (Lipinski definition) is 2. The number of aromatic nitrogens is 2. The normalized spacial score (nSPS) is 10.4. The van der Waals surface area contributed by atoms with E-state index in [2.05, 4.69) is 20.8 Å². The molecule has 3 rings (SSSR count). The zero-order valence-electron chi connectivity index (χ0n) is 16.4. The molecule has 160 valence electrons. The first-order valence-corrected chi connectivity index (χ1v) is 9.81. The van der Waals surface area contributed by atoms with Crippen molar-refractivity contribution >= 4 is 40.6 Å². The van der Waals surface area contributed by atoms with Crippen molar-refractivity contribution in [3.8, 4) is 17.2 Å². The average Bonchev–Trinajstić information content (AvgIpc) is 3.21. The van der Waals surface area contributed by atoms with Gasteiger partial charge < -0.3 is 19.8 Å². The maximum atomic E-state index is 12.3. The summed E-state index contributed by atoms with van der Waals surface area (Å²) in [4.78, 5) is 33.7. The first kappa shape index (κ1) is 21.8. The number of benzene rings is 2. The monoisotopic (exact) mass is 443 g/mol. The number of nitro benzene ring substituents is 1. The summed E-state index contributed by atoms with van der Waals surface area (Å²) in [5.41, 5.74) is 1.31. The molecular weight excluding hydrogens is 426 g/mol. The van der Waals surface area contributed by atoms with Crippen LogP contribution in [0.4, 0.5) is 17.1 Å². The average molecular weight is 443 g/mol. The van der Waals surface area contributed by atoms with Gasteiger partial charge in [-0.25, -0.2) is 0 Å². The minimum Gasteiger partial charge on any atom is -0.495 e. The molecule has 2 amide bonds. The van der Waals surface area contributed by atoms with Crippen LogP contribution >= 0.6 is 11.8 Å². The zero-order valence-corrected chi connectivity index (χ0v) is 17.3. The quantitative estimate of drug-likeness (QED) is 0.303. The van der Waals surface area contributed by atoms with Gasteiger partial charge in [0.15, 0.2) is 0 Å². The van der Waals surface area contributed by atoms with Crippen molar-refractivity contribution in [2.45, 2.75) is 12.1 Å². The van der Waals surface area contributed by atoms with Crippen molar-refractivity contribution in [1.82, 2.24) is 10.2 Å². The standard InChI is InChI=1S/C19H17N5O6S/c1-11(25)20-13-5-3-12(4-6-13)18-22-23-19(30-18)31-10-17(26)21-15-9-14(24(27)28)7-8-16(15)29-2/h3-9H,10H2,1-2H3,(H,20,25)(H,21,26). The fraction of sp³-hybridized carbons (Fsp3) is 0.158. The highest BCUT2D eigenvalue weighted by atomic mass is 32.2. The van der Waals surface area contributed by atoms with Crippen molar-refractivity contribution < 1.29 is 23.7 Å². The number of nitro groups is 1. The van der Waals surface area contributed by atoms with E-state index in [1.165, 1.54) is 32.2 Å². The number of nitrogens with one attached hydrogen (secondary N) is 2. The third kappa shape index (κ3) is 5.79. The van der Waals surface area contributed by atoms with Gasteiger partial charge in [-0.05, 0) is 30.3 Å². The number of methoxy groups -OCH3 is 1. The number of hydrogen-bond acceptors (Lipinski definition) is 9. The molecule has 2 N–H and O–H groups in total. The zero-order chi connectivity index (χ0) is 22.4. The Kier molecular flexibility index (Phi) is 6.82. The van der Waals surface area contributed by atoms with Gasteiger partial charge >= 0.3 is 0 Å². The van der Waals surface area contributed by atoms with E-state index in [0.717, 1.165) is 11.8 Å². The van der Waals surface area contributed by atoms with Gasteiger partial charge in [-0.3, -0.25) is 19.7 Å². The topological polar surface area (TPSA) is 149 Å². The van der Waals surface area contributed by atoms with Crippen LogP contribution in [0.5, 0.6) is 5.75 Å². The Morgan fingerprint density at radius 2 is 1.90 bits per heavy atom. The second kappa shape index (κ2) is 9.71. The van der Waals surface area contributed by atoms with Crippen LogP contribution in [-0.2, 0) is 9.59 Å². The Morgan fingerprint density at radius 3 is 2.55 bits per heavy atom. The number of ether oxygens (including phenoxy) is 1. The third-order valence-corrected chi connectivity index (χ3v) is 4.67. The first-order valence-electron chi connectivity index (χ1n) is 8.82. The van der Waals surface area contributed by atoms with E-state index < -0.39 is 10.8 Å². The van der Waals surface area contributed by atoms with E-state index in [1.54, 1.807) is 24.3 Å². The molecule has 2 aromatic carbocycles. The molecule has 0 atom stereocenters. The summed E-state index contributed by atoms with van der Waals surface area (Å²) in [6, 6.07) is 10.7. The summed E-state index contributed by atoms with van der Waals surface area (Å²) in [7, 11) is 1.40. The Hall–Kier alpha value is -3.93. The number of carbonyl (C=O) groups excluding carboxylic acids is 2. The SMILES string of the molecule is COc1ccc([N+](=O)[O-])cc1NC(=O)CSc1nnc(-c2ccc(NC(C)=O)cc2)o1. The molecule has 1 aromatic heterocycles. The lowest BCUT2D eigenvalue weighted by molar-refractivity contribution is -0.384. The van der Waals surface area contributed by atoms with Gasteiger partial charge in [-0.15, -0.1) is 10.2 Å². The van der Waals surface area contributed by atoms with E-state index >= 15 is 0 Å². The van der Waals surface area contributed by atoms with Crippen molar-refractivity contribution in [2.24, 2.45) is 0 Å². The highest BCUT2D eigenvalue weighted by Crippen LogP contribution is 2.29. The maximum Gasteiger partial charge on any atom is 0.277 e. The van der Waals surface area contributed by atoms with Gasteiger partial charge in [0.2, 0.25) is 17.7 Å². The first-order chi connectivity index (χ1) is 14.9. The summed E-state index contributed by atoms with van der Waals surface area (Å²) >= 11 is 1.01. The third-order valence-electron chi connectivity index (χ3n) is 3.85. The van der Waals surface area contributed by atoms with Gasteiger partial charge in [-0.2, -0.15) is 0 Å². The molecule has 0 saturated heterocycles. The minimum absolute atomic E-state index is 0.0606. The van der Waals surface area contributed by atoms with Crippen LogP contribution in [0.25, 0.3) is 11.5 Å². The number of nitrogens with zero attached hydrogens (tertiary/aromatic N) is 3. The molecule has 0 fully saturated rings. The number of rotatable bonds is 8. The fourth-order valence-corrected chi connectivity index (χ4v) is 3.07. The highest BCUT2D eigenvalue weighted by Gasteiger charge is 2.15. The number of thioether (sulfide) groups is 1. The van der Waals surface area contributed by atoms with Crippen molar-refractivity contribution in [3.05, 3.63) is 52.6 Å². The molecule has 1 heterocycles. The molecule has 0 aliphatic carbocycles. The Balaban J connectivity index is 1.60. The largest absolute Gasteiger partial charge is 0.495 e. The van der Waals surface area contributed by atoms with E-state index in [1.807, 2.05) is 0 Å². The molecule has 0 saturated carbocycles. The van der Waals surface area contributed by atoms with Crippen LogP contribution in [-0.4, -0.2) is 39.8 Å². The van der Waals surface area contributed by atoms with E-state index in [4.69, 9.17) is 9.15 Å². The van der Waals surface area contributed by atoms with Gasteiger partial charge in [0.1, 0.15) is 5.75 Å². The summed E-state index contributed by atoms with van der Waals surface area (Å²) in [6.45, 7) is 1.42. The smallest absolute Gasteiger partial charge is 0.277 e. The number of amides is 2. The second-order valence-corrected chi connectivity index (χ2v) is 7.04. The number of anilines is 2. The van der Waals surface area contributed by atoms with Crippen LogP contribution in [0.1, 0.15) is 6.92 Å². The van der Waals surface area contributed by atoms with E-state index in [-0.39, 0.29) is 34.1 Å².